The van der Waals surface area contributed by atoms with Crippen LogP contribution >= 0.6 is 0 Å². The van der Waals surface area contributed by atoms with Gasteiger partial charge in [0.05, 0.1) is 0 Å². The van der Waals surface area contributed by atoms with Gasteiger partial charge in [-0.1, -0.05) is 0 Å². The third-order valence-electron chi connectivity index (χ3n) is 0. The summed E-state index contributed by atoms with van der Waals surface area (Å²) in [4.78, 5) is 0. The molecule has 0 unspecified atom stereocenters. The molecule has 0 rings (SSSR count). The van der Waals surface area contributed by atoms with Gasteiger partial charge in [0, 0.05) is 50.6 Å². The van der Waals surface area contributed by atoms with E-state index in [9.17, 15) is 0 Å². The quantitative estimate of drug-likeness (QED) is 0.485. The molecular weight excluding hydrogens is 292 g/mol. The van der Waals surface area contributed by atoms with Gasteiger partial charge >= 0.3 is 45.5 Å². The van der Waals surface area contributed by atoms with Crippen molar-refractivity contribution in [3.63, 3.8) is 0 Å². The number of hydrogen-bond acceptors (Lipinski definition) is 0. The molecule has 0 amide bonds. The molecule has 2 radical (unpaired) electrons. The molecule has 0 saturated carbocycles. The zero-order valence-electron chi connectivity index (χ0n) is 3.70. The summed E-state index contributed by atoms with van der Waals surface area (Å²) < 4.78 is 0. The van der Waals surface area contributed by atoms with Gasteiger partial charge in [0.25, 0.3) is 0 Å². The minimum absolute atomic E-state index is 0. The van der Waals surface area contributed by atoms with Crippen molar-refractivity contribution in [2.24, 2.45) is 0 Å². The maximum Gasteiger partial charge on any atom is 2.00 e. The molecule has 0 N–H and O–H groups in total. The molecule has 0 aliphatic carbocycles. The van der Waals surface area contributed by atoms with Gasteiger partial charge in [-0.25, -0.2) is 0 Å². The first kappa shape index (κ1) is 38.7. The van der Waals surface area contributed by atoms with Crippen LogP contribution in [0.25, 0.3) is 0 Å². The molecule has 0 bridgehead atoms. The summed E-state index contributed by atoms with van der Waals surface area (Å²) in [7, 11) is 0. The van der Waals surface area contributed by atoms with E-state index >= 15 is 0 Å². The molecule has 0 heterocycles. The molecule has 0 aromatic heterocycles. The Morgan fingerprint density at radius 1 is 1.20 bits per heavy atom. The smallest absolute Gasteiger partial charge is 1.00 e. The number of rotatable bonds is 0. The van der Waals surface area contributed by atoms with Crippen molar-refractivity contribution >= 4 is 62.8 Å². The summed E-state index contributed by atoms with van der Waals surface area (Å²) in [6, 6.07) is 0. The summed E-state index contributed by atoms with van der Waals surface area (Å²) in [6.45, 7) is 0. The molecule has 0 atom stereocenters. The van der Waals surface area contributed by atoms with E-state index < -0.39 is 0 Å². The van der Waals surface area contributed by atoms with Crippen LogP contribution in [0, 0.1) is 0 Å². The zero-order chi connectivity index (χ0) is 0. The Morgan fingerprint density at radius 3 is 1.20 bits per heavy atom. The SMILES string of the molecule is [AlH3].[Cu].[H-].[H-].[Mn].[Ni].[Sr+2]. The fourth-order valence-corrected chi connectivity index (χ4v) is 0. The number of hydrogen-bond donors (Lipinski definition) is 0. The third kappa shape index (κ3) is 18.5. The van der Waals surface area contributed by atoms with Gasteiger partial charge < -0.3 is 2.85 Å². The fourth-order valence-electron chi connectivity index (χ4n) is 0. The van der Waals surface area contributed by atoms with Crippen LogP contribution < -0.4 is 0 Å². The molecule has 5 heteroatoms. The zero-order valence-corrected chi connectivity index (χ0v) is 8.29. The van der Waals surface area contributed by atoms with Gasteiger partial charge in [-0.05, 0) is 0 Å². The first-order valence-electron chi connectivity index (χ1n) is 0. The van der Waals surface area contributed by atoms with Crippen LogP contribution in [-0.2, 0) is 50.6 Å². The second kappa shape index (κ2) is 25.7. The first-order valence-corrected chi connectivity index (χ1v) is 0. The maximum atomic E-state index is 0. The van der Waals surface area contributed by atoms with Gasteiger partial charge in [-0.15, -0.1) is 0 Å². The third-order valence-corrected chi connectivity index (χ3v) is 0. The van der Waals surface area contributed by atoms with E-state index in [2.05, 4.69) is 0 Å². The summed E-state index contributed by atoms with van der Waals surface area (Å²) in [5.74, 6) is 0. The fraction of sp³-hybridized carbons (Fsp3) is 0. The van der Waals surface area contributed by atoms with Crippen LogP contribution in [0.3, 0.4) is 0 Å². The van der Waals surface area contributed by atoms with Crippen LogP contribution in [0.4, 0.5) is 0 Å². The van der Waals surface area contributed by atoms with Crippen molar-refractivity contribution in [2.45, 2.75) is 0 Å². The predicted octanol–water partition coefficient (Wildman–Crippen LogP) is -1.35. The van der Waals surface area contributed by atoms with Gasteiger partial charge in [-0.2, -0.15) is 0 Å². The Bertz CT molecular complexity index is 17.7. The minimum atomic E-state index is 0. The summed E-state index contributed by atoms with van der Waals surface area (Å²) in [5, 5.41) is 0. The molecule has 0 saturated heterocycles. The van der Waals surface area contributed by atoms with Crippen LogP contribution in [-0.4, -0.2) is 62.8 Å². The molecule has 38 valence electrons. The topological polar surface area (TPSA) is 0 Å². The maximum absolute atomic E-state index is 0. The van der Waals surface area contributed by atoms with E-state index in [0.717, 1.165) is 0 Å². The molecule has 0 spiro atoms. The van der Waals surface area contributed by atoms with Crippen molar-refractivity contribution in [3.05, 3.63) is 0 Å². The molecule has 0 fully saturated rings. The average Bonchev–Trinajstić information content (AvgIpc) is 0. The van der Waals surface area contributed by atoms with E-state index in [1.54, 1.807) is 0 Å². The molecule has 5 heavy (non-hydrogen) atoms. The predicted molar refractivity (Wildman–Crippen MR) is 17.9 cm³/mol. The normalized spacial score (nSPS) is 0. The van der Waals surface area contributed by atoms with Crippen LogP contribution in [0.5, 0.6) is 0 Å². The molecule has 0 nitrogen and oxygen atoms in total. The molecule has 0 aliphatic heterocycles. The molecule has 0 aromatic carbocycles. The molecule has 0 aromatic rings. The van der Waals surface area contributed by atoms with Gasteiger partial charge in [0.1, 0.15) is 0 Å². The average molecular weight is 297 g/mol. The second-order valence-corrected chi connectivity index (χ2v) is 0. The van der Waals surface area contributed by atoms with Gasteiger partial charge in [0.15, 0.2) is 17.4 Å². The largest absolute Gasteiger partial charge is 2.00 e. The van der Waals surface area contributed by atoms with Crippen LogP contribution in [0.1, 0.15) is 2.85 Å². The monoisotopic (exact) mass is 296 g/mol. The Morgan fingerprint density at radius 2 is 1.20 bits per heavy atom. The standard InChI is InChI=1S/Al.Cu.Mn.Ni.Sr.5H/q;;;;+2;;;;2*-1. The van der Waals surface area contributed by atoms with E-state index in [1.165, 1.54) is 0 Å². The van der Waals surface area contributed by atoms with Gasteiger partial charge in [0.2, 0.25) is 0 Å². The van der Waals surface area contributed by atoms with Gasteiger partial charge in [-0.3, -0.25) is 0 Å². The van der Waals surface area contributed by atoms with Crippen molar-refractivity contribution in [2.75, 3.05) is 0 Å². The molecule has 0 aliphatic rings. The van der Waals surface area contributed by atoms with Crippen LogP contribution in [0.2, 0.25) is 0 Å². The van der Waals surface area contributed by atoms with Crippen molar-refractivity contribution in [1.82, 2.24) is 0 Å². The summed E-state index contributed by atoms with van der Waals surface area (Å²) >= 11 is 0. The Kier molecular flexibility index (Phi) is 199. The van der Waals surface area contributed by atoms with E-state index in [1.807, 2.05) is 0 Å². The molecular formula is H5AlCuMnNiSr. The van der Waals surface area contributed by atoms with E-state index in [-0.39, 0.29) is 116 Å². The van der Waals surface area contributed by atoms with Crippen LogP contribution in [0.15, 0.2) is 0 Å². The van der Waals surface area contributed by atoms with Crippen molar-refractivity contribution < 1.29 is 53.5 Å². The van der Waals surface area contributed by atoms with Crippen molar-refractivity contribution in [3.8, 4) is 0 Å². The Balaban J connectivity index is 0. The first-order chi connectivity index (χ1) is 0. The minimum Gasteiger partial charge on any atom is -1.00 e. The summed E-state index contributed by atoms with van der Waals surface area (Å²) in [5.41, 5.74) is 0. The van der Waals surface area contributed by atoms with E-state index in [0.29, 0.717) is 0 Å². The Hall–Kier alpha value is 3.55. The van der Waals surface area contributed by atoms with Crippen molar-refractivity contribution in [1.29, 1.82) is 0 Å². The Labute approximate surface area is 114 Å². The van der Waals surface area contributed by atoms with E-state index in [4.69, 9.17) is 0 Å². The second-order valence-electron chi connectivity index (χ2n) is 0. The summed E-state index contributed by atoms with van der Waals surface area (Å²) in [6.07, 6.45) is 0.